The monoisotopic (exact) mass is 486 g/mol. The van der Waals surface area contributed by atoms with E-state index in [0.717, 1.165) is 22.2 Å². The van der Waals surface area contributed by atoms with E-state index in [1.165, 1.54) is 11.2 Å². The molecule has 1 fully saturated rings. The number of amides is 1. The van der Waals surface area contributed by atoms with Crippen LogP contribution in [0.25, 0.3) is 16.7 Å². The van der Waals surface area contributed by atoms with E-state index in [-0.39, 0.29) is 17.9 Å². The van der Waals surface area contributed by atoms with E-state index >= 15 is 0 Å². The van der Waals surface area contributed by atoms with Crippen molar-refractivity contribution in [3.05, 3.63) is 89.5 Å². The van der Waals surface area contributed by atoms with Crippen LogP contribution in [-0.4, -0.2) is 46.9 Å². The van der Waals surface area contributed by atoms with E-state index < -0.39 is 17.7 Å². The second-order valence-corrected chi connectivity index (χ2v) is 8.44. The second-order valence-electron chi connectivity index (χ2n) is 8.44. The first-order chi connectivity index (χ1) is 17.5. The van der Waals surface area contributed by atoms with E-state index in [1.54, 1.807) is 43.5 Å². The summed E-state index contributed by atoms with van der Waals surface area (Å²) in [5.41, 5.74) is 2.35. The van der Waals surface area contributed by atoms with Gasteiger partial charge < -0.3 is 28.9 Å². The molecule has 36 heavy (non-hydrogen) atoms. The minimum Gasteiger partial charge on any atom is -0.507 e. The van der Waals surface area contributed by atoms with Gasteiger partial charge in [-0.2, -0.15) is 0 Å². The van der Waals surface area contributed by atoms with Crippen molar-refractivity contribution in [2.45, 2.75) is 19.4 Å². The molecule has 0 radical (unpaired) electrons. The van der Waals surface area contributed by atoms with Gasteiger partial charge in [-0.1, -0.05) is 0 Å². The lowest BCUT2D eigenvalue weighted by Crippen LogP contribution is -2.31. The standard InChI is InChI=1S/C28H26N2O6/c1-3-35-19-8-6-17(7-9-19)26(31)24-25(23-5-4-14-36-23)30(28(33)27(24)32)13-12-18-16-29-22-11-10-20(34-2)15-21(18)22/h4-11,14-16,25,29,31H,3,12-13H2,1-2H3/t25-/m0/s1. The SMILES string of the molecule is CCOc1ccc(C(O)=C2C(=O)C(=O)N(CCc3c[nH]c4ccc(OC)cc34)[C@H]2c2ccco2)cc1. The average Bonchev–Trinajstić information content (AvgIpc) is 3.62. The van der Waals surface area contributed by atoms with Gasteiger partial charge >= 0.3 is 0 Å². The van der Waals surface area contributed by atoms with Gasteiger partial charge in [0.1, 0.15) is 29.1 Å². The van der Waals surface area contributed by atoms with E-state index in [9.17, 15) is 14.7 Å². The van der Waals surface area contributed by atoms with Gasteiger partial charge in [0.25, 0.3) is 11.7 Å². The quantitative estimate of drug-likeness (QED) is 0.210. The molecule has 1 saturated heterocycles. The minimum absolute atomic E-state index is 0.000272. The topological polar surface area (TPSA) is 105 Å². The van der Waals surface area contributed by atoms with E-state index in [1.807, 2.05) is 31.3 Å². The number of furan rings is 1. The van der Waals surface area contributed by atoms with Crippen molar-refractivity contribution in [3.8, 4) is 11.5 Å². The Kier molecular flexibility index (Phi) is 6.25. The number of fused-ring (bicyclic) bond motifs is 1. The third-order valence-corrected chi connectivity index (χ3v) is 6.39. The molecule has 0 spiro atoms. The molecule has 1 aliphatic rings. The smallest absolute Gasteiger partial charge is 0.295 e. The Morgan fingerprint density at radius 1 is 1.11 bits per heavy atom. The zero-order valence-electron chi connectivity index (χ0n) is 20.0. The molecule has 8 heteroatoms. The Morgan fingerprint density at radius 3 is 2.58 bits per heavy atom. The number of carbonyl (C=O) groups is 2. The van der Waals surface area contributed by atoms with Crippen LogP contribution in [0.3, 0.4) is 0 Å². The Bertz CT molecular complexity index is 1430. The fourth-order valence-corrected chi connectivity index (χ4v) is 4.62. The van der Waals surface area contributed by atoms with Crippen molar-refractivity contribution in [3.63, 3.8) is 0 Å². The summed E-state index contributed by atoms with van der Waals surface area (Å²) in [7, 11) is 1.61. The van der Waals surface area contributed by atoms with Crippen molar-refractivity contribution in [2.24, 2.45) is 0 Å². The van der Waals surface area contributed by atoms with Crippen LogP contribution < -0.4 is 9.47 Å². The van der Waals surface area contributed by atoms with E-state index in [4.69, 9.17) is 13.9 Å². The maximum atomic E-state index is 13.2. The number of ketones is 1. The predicted molar refractivity (Wildman–Crippen MR) is 134 cm³/mol. The van der Waals surface area contributed by atoms with Crippen LogP contribution in [0.2, 0.25) is 0 Å². The number of hydrogen-bond acceptors (Lipinski definition) is 6. The lowest BCUT2D eigenvalue weighted by Gasteiger charge is -2.23. The molecular weight excluding hydrogens is 460 g/mol. The molecule has 2 aromatic carbocycles. The van der Waals surface area contributed by atoms with Gasteiger partial charge in [0.15, 0.2) is 0 Å². The highest BCUT2D eigenvalue weighted by Gasteiger charge is 2.47. The molecule has 5 rings (SSSR count). The maximum Gasteiger partial charge on any atom is 0.295 e. The van der Waals surface area contributed by atoms with Crippen LogP contribution in [0.1, 0.15) is 29.9 Å². The van der Waals surface area contributed by atoms with Crippen molar-refractivity contribution >= 4 is 28.4 Å². The number of aliphatic hydroxyl groups is 1. The summed E-state index contributed by atoms with van der Waals surface area (Å²) in [5, 5.41) is 12.1. The number of methoxy groups -OCH3 is 1. The molecule has 0 unspecified atom stereocenters. The zero-order chi connectivity index (χ0) is 25.2. The summed E-state index contributed by atoms with van der Waals surface area (Å²) < 4.78 is 16.4. The molecule has 2 aromatic heterocycles. The van der Waals surface area contributed by atoms with Crippen molar-refractivity contribution in [1.82, 2.24) is 9.88 Å². The third kappa shape index (κ3) is 4.11. The minimum atomic E-state index is -0.841. The Labute approximate surface area is 207 Å². The molecule has 0 saturated carbocycles. The van der Waals surface area contributed by atoms with Crippen LogP contribution >= 0.6 is 0 Å². The summed E-state index contributed by atoms with van der Waals surface area (Å²) in [4.78, 5) is 31.0. The number of nitrogens with zero attached hydrogens (tertiary/aromatic N) is 1. The average molecular weight is 487 g/mol. The Balaban J connectivity index is 1.49. The van der Waals surface area contributed by atoms with Gasteiger partial charge in [0.2, 0.25) is 0 Å². The molecule has 184 valence electrons. The summed E-state index contributed by atoms with van der Waals surface area (Å²) >= 11 is 0. The highest BCUT2D eigenvalue weighted by molar-refractivity contribution is 6.46. The maximum absolute atomic E-state index is 13.2. The summed E-state index contributed by atoms with van der Waals surface area (Å²) in [6.07, 6.45) is 3.86. The number of ether oxygens (including phenoxy) is 2. The van der Waals surface area contributed by atoms with Gasteiger partial charge in [0, 0.05) is 29.2 Å². The number of benzene rings is 2. The molecule has 0 aliphatic carbocycles. The van der Waals surface area contributed by atoms with Crippen LogP contribution in [0.4, 0.5) is 0 Å². The number of rotatable bonds is 8. The molecule has 1 atom stereocenters. The number of carbonyl (C=O) groups excluding carboxylic acids is 2. The van der Waals surface area contributed by atoms with Gasteiger partial charge in [0.05, 0.1) is 25.6 Å². The molecule has 3 heterocycles. The number of aromatic amines is 1. The van der Waals surface area contributed by atoms with Gasteiger partial charge in [-0.3, -0.25) is 9.59 Å². The molecule has 1 amide bonds. The predicted octanol–water partition coefficient (Wildman–Crippen LogP) is 4.83. The van der Waals surface area contributed by atoms with E-state index in [0.29, 0.717) is 30.1 Å². The number of Topliss-reactive ketones (excluding diaryl/α,β-unsaturated/α-hetero) is 1. The van der Waals surface area contributed by atoms with Gasteiger partial charge in [-0.25, -0.2) is 0 Å². The number of nitrogens with one attached hydrogen (secondary N) is 1. The van der Waals surface area contributed by atoms with Crippen LogP contribution in [0.15, 0.2) is 77.0 Å². The Hall–Kier alpha value is -4.46. The molecule has 0 bridgehead atoms. The number of aliphatic hydroxyl groups excluding tert-OH is 1. The molecular formula is C28H26N2O6. The normalized spacial score (nSPS) is 17.2. The number of likely N-dealkylation sites (tertiary alicyclic amines) is 1. The molecule has 2 N–H and O–H groups in total. The van der Waals surface area contributed by atoms with Crippen LogP contribution in [-0.2, 0) is 16.0 Å². The summed E-state index contributed by atoms with van der Waals surface area (Å²) in [6.45, 7) is 2.64. The lowest BCUT2D eigenvalue weighted by molar-refractivity contribution is -0.140. The summed E-state index contributed by atoms with van der Waals surface area (Å²) in [6, 6.07) is 15.0. The highest BCUT2D eigenvalue weighted by Crippen LogP contribution is 2.40. The first-order valence-corrected chi connectivity index (χ1v) is 11.7. The van der Waals surface area contributed by atoms with Crippen LogP contribution in [0.5, 0.6) is 11.5 Å². The zero-order valence-corrected chi connectivity index (χ0v) is 20.0. The van der Waals surface area contributed by atoms with Gasteiger partial charge in [-0.05, 0) is 73.5 Å². The van der Waals surface area contributed by atoms with Crippen LogP contribution in [0, 0.1) is 0 Å². The highest BCUT2D eigenvalue weighted by atomic mass is 16.5. The lowest BCUT2D eigenvalue weighted by atomic mass is 9.99. The van der Waals surface area contributed by atoms with E-state index in [2.05, 4.69) is 4.98 Å². The second kappa shape index (κ2) is 9.65. The largest absolute Gasteiger partial charge is 0.507 e. The number of H-pyrrole nitrogens is 1. The molecule has 4 aromatic rings. The Morgan fingerprint density at radius 2 is 1.89 bits per heavy atom. The molecule has 8 nitrogen and oxygen atoms in total. The van der Waals surface area contributed by atoms with Crippen molar-refractivity contribution in [2.75, 3.05) is 20.3 Å². The van der Waals surface area contributed by atoms with Crippen molar-refractivity contribution < 1.29 is 28.6 Å². The third-order valence-electron chi connectivity index (χ3n) is 6.39. The molecule has 1 aliphatic heterocycles. The summed E-state index contributed by atoms with van der Waals surface area (Å²) in [5.74, 6) is 0.103. The first kappa shape index (κ1) is 23.3. The number of aromatic nitrogens is 1. The van der Waals surface area contributed by atoms with Gasteiger partial charge in [-0.15, -0.1) is 0 Å². The fraction of sp³-hybridized carbons (Fsp3) is 0.214. The fourth-order valence-electron chi connectivity index (χ4n) is 4.62. The first-order valence-electron chi connectivity index (χ1n) is 11.7. The van der Waals surface area contributed by atoms with Crippen molar-refractivity contribution in [1.29, 1.82) is 0 Å². The number of hydrogen-bond donors (Lipinski definition) is 2.